The number of benzene rings is 2. The minimum absolute atomic E-state index is 0.0363. The number of rotatable bonds is 9. The molecule has 0 amide bonds. The number of sulfonamides is 1. The SMILES string of the molecule is O=C(O)CN(CCNS(=O)(=O)c1ccc2ccccc2c1)CC(=O)O. The van der Waals surface area contributed by atoms with Crippen molar-refractivity contribution in [2.75, 3.05) is 26.2 Å². The van der Waals surface area contributed by atoms with Crippen LogP contribution in [0.3, 0.4) is 0 Å². The first-order valence-corrected chi connectivity index (χ1v) is 8.90. The smallest absolute Gasteiger partial charge is 0.317 e. The number of nitrogens with one attached hydrogen (secondary N) is 1. The first-order valence-electron chi connectivity index (χ1n) is 7.42. The van der Waals surface area contributed by atoms with Crippen molar-refractivity contribution in [3.63, 3.8) is 0 Å². The number of fused-ring (bicyclic) bond motifs is 1. The fourth-order valence-electron chi connectivity index (χ4n) is 2.35. The Balaban J connectivity index is 2.04. The van der Waals surface area contributed by atoms with Crippen LogP contribution in [0.5, 0.6) is 0 Å². The van der Waals surface area contributed by atoms with Gasteiger partial charge in [0.05, 0.1) is 18.0 Å². The number of nitrogens with zero attached hydrogens (tertiary/aromatic N) is 1. The molecule has 0 aromatic heterocycles. The van der Waals surface area contributed by atoms with E-state index < -0.39 is 35.1 Å². The standard InChI is InChI=1S/C16H18N2O6S/c19-15(20)10-18(11-16(21)22)8-7-17-25(23,24)14-6-5-12-3-1-2-4-13(12)9-14/h1-6,9,17H,7-8,10-11H2,(H,19,20)(H,21,22). The van der Waals surface area contributed by atoms with Gasteiger partial charge in [0.25, 0.3) is 0 Å². The molecule has 0 unspecified atom stereocenters. The average Bonchev–Trinajstić information content (AvgIpc) is 2.53. The van der Waals surface area contributed by atoms with Gasteiger partial charge in [-0.25, -0.2) is 13.1 Å². The summed E-state index contributed by atoms with van der Waals surface area (Å²) in [6.45, 7) is -1.10. The summed E-state index contributed by atoms with van der Waals surface area (Å²) in [5, 5.41) is 19.2. The number of hydrogen-bond acceptors (Lipinski definition) is 5. The lowest BCUT2D eigenvalue weighted by Gasteiger charge is -2.18. The summed E-state index contributed by atoms with van der Waals surface area (Å²) in [4.78, 5) is 22.7. The van der Waals surface area contributed by atoms with Gasteiger partial charge in [0.2, 0.25) is 10.0 Å². The lowest BCUT2D eigenvalue weighted by Crippen LogP contribution is -2.40. The lowest BCUT2D eigenvalue weighted by atomic mass is 10.1. The highest BCUT2D eigenvalue weighted by atomic mass is 32.2. The van der Waals surface area contributed by atoms with E-state index in [4.69, 9.17) is 10.2 Å². The normalized spacial score (nSPS) is 11.7. The Morgan fingerprint density at radius 3 is 2.16 bits per heavy atom. The highest BCUT2D eigenvalue weighted by molar-refractivity contribution is 7.89. The molecule has 0 fully saturated rings. The summed E-state index contributed by atoms with van der Waals surface area (Å²) in [5.41, 5.74) is 0. The van der Waals surface area contributed by atoms with Crippen LogP contribution >= 0.6 is 0 Å². The summed E-state index contributed by atoms with van der Waals surface area (Å²) >= 11 is 0. The molecule has 25 heavy (non-hydrogen) atoms. The van der Waals surface area contributed by atoms with Crippen LogP contribution in [0.2, 0.25) is 0 Å². The van der Waals surface area contributed by atoms with Gasteiger partial charge in [0.1, 0.15) is 0 Å². The van der Waals surface area contributed by atoms with Crippen molar-refractivity contribution in [1.82, 2.24) is 9.62 Å². The second kappa shape index (κ2) is 8.06. The van der Waals surface area contributed by atoms with E-state index in [2.05, 4.69) is 4.72 Å². The first kappa shape index (κ1) is 18.8. The Morgan fingerprint density at radius 2 is 1.56 bits per heavy atom. The zero-order chi connectivity index (χ0) is 18.4. The van der Waals surface area contributed by atoms with Crippen LogP contribution in [0.4, 0.5) is 0 Å². The average molecular weight is 366 g/mol. The topological polar surface area (TPSA) is 124 Å². The van der Waals surface area contributed by atoms with E-state index in [-0.39, 0.29) is 18.0 Å². The molecule has 0 aliphatic rings. The van der Waals surface area contributed by atoms with Crippen molar-refractivity contribution in [2.24, 2.45) is 0 Å². The summed E-state index contributed by atoms with van der Waals surface area (Å²) in [7, 11) is -3.78. The summed E-state index contributed by atoms with van der Waals surface area (Å²) in [6.07, 6.45) is 0. The number of hydrogen-bond donors (Lipinski definition) is 3. The minimum Gasteiger partial charge on any atom is -0.480 e. The molecule has 134 valence electrons. The molecule has 0 spiro atoms. The highest BCUT2D eigenvalue weighted by Gasteiger charge is 2.17. The molecular weight excluding hydrogens is 348 g/mol. The van der Waals surface area contributed by atoms with Gasteiger partial charge in [-0.15, -0.1) is 0 Å². The van der Waals surface area contributed by atoms with Gasteiger partial charge in [-0.2, -0.15) is 0 Å². The Morgan fingerprint density at radius 1 is 0.960 bits per heavy atom. The van der Waals surface area contributed by atoms with E-state index in [0.717, 1.165) is 15.7 Å². The molecule has 2 aromatic carbocycles. The monoisotopic (exact) mass is 366 g/mol. The molecule has 0 aliphatic carbocycles. The van der Waals surface area contributed by atoms with Crippen molar-refractivity contribution in [3.05, 3.63) is 42.5 Å². The highest BCUT2D eigenvalue weighted by Crippen LogP contribution is 2.18. The molecule has 0 bridgehead atoms. The molecule has 3 N–H and O–H groups in total. The van der Waals surface area contributed by atoms with Crippen LogP contribution in [0.25, 0.3) is 10.8 Å². The maximum Gasteiger partial charge on any atom is 0.317 e. The summed E-state index contributed by atoms with van der Waals surface area (Å²) < 4.78 is 27.0. The number of aliphatic carboxylic acids is 2. The van der Waals surface area contributed by atoms with Crippen LogP contribution in [-0.4, -0.2) is 61.6 Å². The van der Waals surface area contributed by atoms with E-state index in [0.29, 0.717) is 0 Å². The van der Waals surface area contributed by atoms with E-state index in [1.54, 1.807) is 18.2 Å². The number of carbonyl (C=O) groups is 2. The van der Waals surface area contributed by atoms with Gasteiger partial charge >= 0.3 is 11.9 Å². The van der Waals surface area contributed by atoms with Gasteiger partial charge in [0.15, 0.2) is 0 Å². The minimum atomic E-state index is -3.78. The zero-order valence-electron chi connectivity index (χ0n) is 13.3. The Hall–Kier alpha value is -2.49. The molecule has 9 heteroatoms. The van der Waals surface area contributed by atoms with E-state index >= 15 is 0 Å². The second-order valence-corrected chi connectivity index (χ2v) is 7.17. The maximum absolute atomic E-state index is 12.3. The van der Waals surface area contributed by atoms with Gasteiger partial charge in [-0.3, -0.25) is 14.5 Å². The van der Waals surface area contributed by atoms with Crippen LogP contribution < -0.4 is 4.72 Å². The predicted molar refractivity (Wildman–Crippen MR) is 90.8 cm³/mol. The molecule has 2 aromatic rings. The molecule has 0 atom stereocenters. The Kier molecular flexibility index (Phi) is 6.07. The van der Waals surface area contributed by atoms with Crippen molar-refractivity contribution in [3.8, 4) is 0 Å². The quantitative estimate of drug-likeness (QED) is 0.593. The van der Waals surface area contributed by atoms with Crippen LogP contribution in [0.15, 0.2) is 47.4 Å². The first-order chi connectivity index (χ1) is 11.8. The predicted octanol–water partition coefficient (Wildman–Crippen LogP) is 0.589. The molecule has 2 rings (SSSR count). The van der Waals surface area contributed by atoms with Crippen molar-refractivity contribution in [2.45, 2.75) is 4.90 Å². The van der Waals surface area contributed by atoms with E-state index in [1.165, 1.54) is 6.07 Å². The molecule has 0 aliphatic heterocycles. The summed E-state index contributed by atoms with van der Waals surface area (Å²) in [6, 6.07) is 12.1. The van der Waals surface area contributed by atoms with E-state index in [1.807, 2.05) is 18.2 Å². The van der Waals surface area contributed by atoms with Crippen LogP contribution in [0.1, 0.15) is 0 Å². The number of carboxylic acids is 2. The van der Waals surface area contributed by atoms with Crippen LogP contribution in [-0.2, 0) is 19.6 Å². The fraction of sp³-hybridized carbons (Fsp3) is 0.250. The Labute approximate surface area is 144 Å². The summed E-state index contributed by atoms with van der Waals surface area (Å²) in [5.74, 6) is -2.36. The molecule has 8 nitrogen and oxygen atoms in total. The van der Waals surface area contributed by atoms with Crippen LogP contribution in [0, 0.1) is 0 Å². The van der Waals surface area contributed by atoms with Gasteiger partial charge in [-0.1, -0.05) is 30.3 Å². The number of carboxylic acid groups (broad SMARTS) is 2. The largest absolute Gasteiger partial charge is 0.480 e. The van der Waals surface area contributed by atoms with Gasteiger partial charge in [-0.05, 0) is 22.9 Å². The lowest BCUT2D eigenvalue weighted by molar-refractivity contribution is -0.141. The fourth-order valence-corrected chi connectivity index (χ4v) is 3.41. The van der Waals surface area contributed by atoms with Crippen molar-refractivity contribution in [1.29, 1.82) is 0 Å². The molecule has 0 saturated heterocycles. The van der Waals surface area contributed by atoms with Crippen molar-refractivity contribution < 1.29 is 28.2 Å². The third-order valence-corrected chi connectivity index (χ3v) is 4.93. The third-order valence-electron chi connectivity index (χ3n) is 3.47. The Bertz CT molecular complexity index is 865. The van der Waals surface area contributed by atoms with Gasteiger partial charge < -0.3 is 10.2 Å². The molecule has 0 saturated carbocycles. The molecule has 0 heterocycles. The third kappa shape index (κ3) is 5.52. The zero-order valence-corrected chi connectivity index (χ0v) is 14.1. The van der Waals surface area contributed by atoms with Crippen molar-refractivity contribution >= 4 is 32.7 Å². The van der Waals surface area contributed by atoms with E-state index in [9.17, 15) is 18.0 Å². The van der Waals surface area contributed by atoms with Gasteiger partial charge in [0, 0.05) is 13.1 Å². The second-order valence-electron chi connectivity index (χ2n) is 5.40. The molecule has 0 radical (unpaired) electrons. The maximum atomic E-state index is 12.3. The molecular formula is C16H18N2O6S.